The smallest absolute Gasteiger partial charge is 0.410 e. The number of nitrogens with zero attached hydrogens (tertiary/aromatic N) is 4. The first-order chi connectivity index (χ1) is 22.6. The van der Waals surface area contributed by atoms with Crippen molar-refractivity contribution < 1.29 is 28.9 Å². The number of hydrogen-bond acceptors (Lipinski definition) is 8. The molecule has 2 aliphatic heterocycles. The number of aromatic nitrogens is 2. The van der Waals surface area contributed by atoms with E-state index >= 15 is 0 Å². The van der Waals surface area contributed by atoms with Crippen molar-refractivity contribution in [2.45, 2.75) is 97.7 Å². The standard InChI is InChI=1S/C34H43N5O6S.C2H6.H2/c1-21(2)16-26-20-44-29-18-28(30-22(3)10-8-11-23(30)4)35-32(36-29)37-46(42,43)27-13-9-12-24(17-27)31(40)39(26)25-14-15-38(19-25)33(41)45-34(5,6)7;1-2;/h8-13,17-18,21,25-26H,14-16,19-20H2,1-7H3,(H,35,36,37);1-2H3;1H/t25?,26-;;/m1../s1. The summed E-state index contributed by atoms with van der Waals surface area (Å²) in [5.41, 5.74) is 2.86. The molecular formula is C36H51N5O6S. The molecule has 0 aliphatic carbocycles. The van der Waals surface area contributed by atoms with Crippen molar-refractivity contribution in [3.05, 3.63) is 65.2 Å². The Bertz CT molecular complexity index is 1720. The van der Waals surface area contributed by atoms with Gasteiger partial charge in [0.05, 0.1) is 22.7 Å². The Labute approximate surface area is 286 Å². The van der Waals surface area contributed by atoms with Gasteiger partial charge < -0.3 is 19.3 Å². The van der Waals surface area contributed by atoms with Gasteiger partial charge in [0.2, 0.25) is 11.8 Å². The van der Waals surface area contributed by atoms with E-state index in [9.17, 15) is 18.0 Å². The number of benzene rings is 2. The number of fused-ring (bicyclic) bond motifs is 4. The fraction of sp³-hybridized carbons (Fsp3) is 0.500. The second kappa shape index (κ2) is 14.9. The molecule has 1 N–H and O–H groups in total. The van der Waals surface area contributed by atoms with Gasteiger partial charge in [-0.25, -0.2) is 22.9 Å². The fourth-order valence-corrected chi connectivity index (χ4v) is 7.08. The highest BCUT2D eigenvalue weighted by molar-refractivity contribution is 7.92. The summed E-state index contributed by atoms with van der Waals surface area (Å²) in [6, 6.07) is 12.8. The van der Waals surface area contributed by atoms with Crippen LogP contribution in [-0.2, 0) is 14.8 Å². The maximum absolute atomic E-state index is 14.4. The van der Waals surface area contributed by atoms with Gasteiger partial charge in [0, 0.05) is 31.7 Å². The molecule has 48 heavy (non-hydrogen) atoms. The Kier molecular flexibility index (Phi) is 11.4. The van der Waals surface area contributed by atoms with Gasteiger partial charge in [0.25, 0.3) is 15.9 Å². The summed E-state index contributed by atoms with van der Waals surface area (Å²) in [5, 5.41) is 0. The molecule has 1 aromatic heterocycles. The topological polar surface area (TPSA) is 131 Å². The molecule has 0 radical (unpaired) electrons. The van der Waals surface area contributed by atoms with Gasteiger partial charge in [0.1, 0.15) is 12.2 Å². The van der Waals surface area contributed by atoms with Crippen molar-refractivity contribution in [3.63, 3.8) is 0 Å². The fourth-order valence-electron chi connectivity index (χ4n) is 6.09. The third-order valence-corrected chi connectivity index (χ3v) is 9.39. The monoisotopic (exact) mass is 681 g/mol. The average molecular weight is 682 g/mol. The number of anilines is 1. The van der Waals surface area contributed by atoms with Crippen molar-refractivity contribution in [2.75, 3.05) is 24.4 Å². The van der Waals surface area contributed by atoms with E-state index in [0.717, 1.165) is 16.7 Å². The predicted molar refractivity (Wildman–Crippen MR) is 189 cm³/mol. The molecular weight excluding hydrogens is 630 g/mol. The van der Waals surface area contributed by atoms with E-state index in [1.54, 1.807) is 28.0 Å². The Morgan fingerprint density at radius 2 is 1.75 bits per heavy atom. The van der Waals surface area contributed by atoms with Crippen LogP contribution in [0.2, 0.25) is 0 Å². The number of aryl methyl sites for hydroxylation is 2. The number of rotatable bonds is 4. The van der Waals surface area contributed by atoms with Crippen LogP contribution in [0.3, 0.4) is 0 Å². The number of nitrogens with one attached hydrogen (secondary N) is 1. The average Bonchev–Trinajstić information content (AvgIpc) is 3.49. The highest BCUT2D eigenvalue weighted by Gasteiger charge is 2.39. The van der Waals surface area contributed by atoms with Crippen LogP contribution in [0.4, 0.5) is 10.7 Å². The van der Waals surface area contributed by atoms with Crippen LogP contribution in [0.5, 0.6) is 5.88 Å². The highest BCUT2D eigenvalue weighted by atomic mass is 32.2. The molecule has 12 heteroatoms. The first kappa shape index (κ1) is 36.6. The van der Waals surface area contributed by atoms with E-state index in [1.165, 1.54) is 12.1 Å². The minimum Gasteiger partial charge on any atom is -0.475 e. The number of sulfonamides is 1. The molecule has 2 aromatic carbocycles. The molecule has 1 fully saturated rings. The minimum absolute atomic E-state index is 0. The number of ether oxygens (including phenoxy) is 2. The van der Waals surface area contributed by atoms with Crippen molar-refractivity contribution in [2.24, 2.45) is 5.92 Å². The maximum Gasteiger partial charge on any atom is 0.410 e. The molecule has 2 atom stereocenters. The van der Waals surface area contributed by atoms with Crippen molar-refractivity contribution >= 4 is 28.0 Å². The lowest BCUT2D eigenvalue weighted by molar-refractivity contribution is 0.0246. The molecule has 3 aromatic rings. The van der Waals surface area contributed by atoms with Gasteiger partial charge in [-0.15, -0.1) is 0 Å². The molecule has 1 saturated heterocycles. The van der Waals surface area contributed by atoms with Gasteiger partial charge in [-0.05, 0) is 82.7 Å². The quantitative estimate of drug-likeness (QED) is 0.309. The molecule has 2 amide bonds. The third-order valence-electron chi connectivity index (χ3n) is 8.06. The molecule has 5 rings (SSSR count). The summed E-state index contributed by atoms with van der Waals surface area (Å²) < 4.78 is 41.7. The SMILES string of the molecule is CC.Cc1cccc(C)c1-c1cc2nc(n1)NS(=O)(=O)c1cccc(c1)C(=O)N(C1CCN(C(=O)OC(C)(C)C)C1)[C@H](CC(C)C)CO2.[HH]. The summed E-state index contributed by atoms with van der Waals surface area (Å²) in [7, 11) is -4.18. The normalized spacial score (nSPS) is 19.2. The lowest BCUT2D eigenvalue weighted by atomic mass is 9.99. The van der Waals surface area contributed by atoms with Crippen LogP contribution >= 0.6 is 0 Å². The second-order valence-electron chi connectivity index (χ2n) is 13.5. The number of amides is 2. The molecule has 11 nitrogen and oxygen atoms in total. The molecule has 3 heterocycles. The third kappa shape index (κ3) is 8.63. The van der Waals surface area contributed by atoms with Crippen LogP contribution in [0.25, 0.3) is 11.3 Å². The summed E-state index contributed by atoms with van der Waals surface area (Å²) in [5.74, 6) is -0.0930. The van der Waals surface area contributed by atoms with Gasteiger partial charge in [-0.2, -0.15) is 4.98 Å². The van der Waals surface area contributed by atoms with Crippen LogP contribution in [-0.4, -0.2) is 77.6 Å². The van der Waals surface area contributed by atoms with Crippen LogP contribution in [0.1, 0.15) is 84.2 Å². The van der Waals surface area contributed by atoms with E-state index in [2.05, 4.69) is 28.5 Å². The zero-order valence-corrected chi connectivity index (χ0v) is 30.3. The van der Waals surface area contributed by atoms with E-state index in [0.29, 0.717) is 25.1 Å². The predicted octanol–water partition coefficient (Wildman–Crippen LogP) is 7.09. The summed E-state index contributed by atoms with van der Waals surface area (Å²) in [6.45, 7) is 18.3. The molecule has 1 unspecified atom stereocenters. The van der Waals surface area contributed by atoms with E-state index in [4.69, 9.17) is 9.47 Å². The summed E-state index contributed by atoms with van der Waals surface area (Å²) in [4.78, 5) is 39.7. The van der Waals surface area contributed by atoms with Crippen LogP contribution in [0, 0.1) is 19.8 Å². The minimum atomic E-state index is -4.18. The van der Waals surface area contributed by atoms with E-state index in [-0.39, 0.29) is 54.7 Å². The van der Waals surface area contributed by atoms with Gasteiger partial charge in [-0.3, -0.25) is 4.79 Å². The van der Waals surface area contributed by atoms with E-state index < -0.39 is 27.8 Å². The second-order valence-corrected chi connectivity index (χ2v) is 15.2. The van der Waals surface area contributed by atoms with Crippen molar-refractivity contribution in [1.29, 1.82) is 0 Å². The summed E-state index contributed by atoms with van der Waals surface area (Å²) >= 11 is 0. The Balaban J connectivity index is 0.00000213. The Morgan fingerprint density at radius 3 is 2.40 bits per heavy atom. The molecule has 262 valence electrons. The van der Waals surface area contributed by atoms with Crippen molar-refractivity contribution in [1.82, 2.24) is 19.8 Å². The van der Waals surface area contributed by atoms with Gasteiger partial charge >= 0.3 is 6.09 Å². The summed E-state index contributed by atoms with van der Waals surface area (Å²) in [6.07, 6.45) is 0.705. The zero-order valence-electron chi connectivity index (χ0n) is 29.5. The first-order valence-electron chi connectivity index (χ1n) is 16.6. The lowest BCUT2D eigenvalue weighted by Crippen LogP contribution is -2.51. The molecule has 0 spiro atoms. The number of carbonyl (C=O) groups excluding carboxylic acids is 2. The molecule has 2 aliphatic rings. The molecule has 0 saturated carbocycles. The largest absolute Gasteiger partial charge is 0.475 e. The number of likely N-dealkylation sites (tertiary alicyclic amines) is 1. The highest BCUT2D eigenvalue weighted by Crippen LogP contribution is 2.31. The number of hydrogen-bond donors (Lipinski definition) is 1. The Morgan fingerprint density at radius 1 is 1.08 bits per heavy atom. The van der Waals surface area contributed by atoms with Crippen LogP contribution < -0.4 is 9.46 Å². The Hall–Kier alpha value is -4.19. The maximum atomic E-state index is 14.4. The van der Waals surface area contributed by atoms with Crippen molar-refractivity contribution in [3.8, 4) is 17.1 Å². The van der Waals surface area contributed by atoms with Gasteiger partial charge in [-0.1, -0.05) is 52.0 Å². The van der Waals surface area contributed by atoms with Crippen LogP contribution in [0.15, 0.2) is 53.4 Å². The number of carbonyl (C=O) groups is 2. The van der Waals surface area contributed by atoms with Gasteiger partial charge in [0.15, 0.2) is 0 Å². The molecule has 4 bridgehead atoms. The zero-order chi connectivity index (χ0) is 35.4. The van der Waals surface area contributed by atoms with E-state index in [1.807, 2.05) is 66.7 Å². The first-order valence-corrected chi connectivity index (χ1v) is 18.1. The lowest BCUT2D eigenvalue weighted by Gasteiger charge is -2.37.